The van der Waals surface area contributed by atoms with E-state index in [4.69, 9.17) is 24.7 Å². The summed E-state index contributed by atoms with van der Waals surface area (Å²) in [5.74, 6) is 0.528. The van der Waals surface area contributed by atoms with E-state index in [1.54, 1.807) is 0 Å². The number of halogens is 1. The molecule has 238 valence electrons. The van der Waals surface area contributed by atoms with E-state index in [1.807, 2.05) is 31.7 Å². The first kappa shape index (κ1) is 36.2. The van der Waals surface area contributed by atoms with E-state index < -0.39 is 17.9 Å². The predicted molar refractivity (Wildman–Crippen MR) is 169 cm³/mol. The summed E-state index contributed by atoms with van der Waals surface area (Å²) in [7, 11) is 0. The van der Waals surface area contributed by atoms with E-state index in [1.165, 1.54) is 43.3 Å². The maximum absolute atomic E-state index is 13.7. The van der Waals surface area contributed by atoms with Crippen molar-refractivity contribution in [2.45, 2.75) is 78.1 Å². The first-order valence-corrected chi connectivity index (χ1v) is 15.7. The molecule has 11 heteroatoms. The maximum Gasteiger partial charge on any atom is 0.344 e. The SMILES string of the molecule is CCCC(=NOCC)C1=C(O)CC(CC(C)SCC)CC1=O.C[C@@H](Oc1ccc(Oc2ccc(C#N)cc2F)cc1)C(=O)O. The fourth-order valence-electron chi connectivity index (χ4n) is 4.51. The third-order valence-electron chi connectivity index (χ3n) is 6.49. The lowest BCUT2D eigenvalue weighted by Crippen LogP contribution is -2.26. The van der Waals surface area contributed by atoms with Crippen LogP contribution in [-0.2, 0) is 14.4 Å². The van der Waals surface area contributed by atoms with E-state index in [0.717, 1.165) is 24.7 Å². The third kappa shape index (κ3) is 11.6. The largest absolute Gasteiger partial charge is 0.511 e. The van der Waals surface area contributed by atoms with Gasteiger partial charge in [0.05, 0.1) is 22.9 Å². The van der Waals surface area contributed by atoms with Crippen LogP contribution >= 0.6 is 11.8 Å². The fraction of sp³-hybridized carbons (Fsp3) is 0.455. The topological polar surface area (TPSA) is 138 Å². The lowest BCUT2D eigenvalue weighted by atomic mass is 9.82. The standard InChI is InChI=1S/C17H29NO3S.C16H12FNO4/c1-5-8-14(18-21-6-2)17-15(19)10-13(11-16(17)20)9-12(4)22-7-3;1-10(16(19)20)21-12-3-5-13(6-4-12)22-15-7-2-11(9-18)8-14(15)17/h12-13,19H,5-11H2,1-4H3;2-8,10H,1H3,(H,19,20)/t;10-/m.1/s1. The van der Waals surface area contributed by atoms with E-state index in [2.05, 4.69) is 19.0 Å². The molecule has 0 fully saturated rings. The number of carboxylic acids is 1. The monoisotopic (exact) mass is 628 g/mol. The first-order valence-electron chi connectivity index (χ1n) is 14.7. The molecule has 44 heavy (non-hydrogen) atoms. The van der Waals surface area contributed by atoms with E-state index in [0.29, 0.717) is 53.9 Å². The molecule has 2 unspecified atom stereocenters. The van der Waals surface area contributed by atoms with Crippen molar-refractivity contribution in [1.82, 2.24) is 0 Å². The van der Waals surface area contributed by atoms with Gasteiger partial charge in [0.25, 0.3) is 0 Å². The van der Waals surface area contributed by atoms with Gasteiger partial charge in [-0.2, -0.15) is 17.0 Å². The Hall–Kier alpha value is -4.04. The number of aliphatic hydroxyl groups excluding tert-OH is 1. The molecule has 3 rings (SSSR count). The molecule has 0 spiro atoms. The molecule has 3 atom stereocenters. The quantitative estimate of drug-likeness (QED) is 0.158. The number of thioether (sulfide) groups is 1. The summed E-state index contributed by atoms with van der Waals surface area (Å²) in [4.78, 5) is 28.3. The lowest BCUT2D eigenvalue weighted by molar-refractivity contribution is -0.144. The number of oxime groups is 1. The van der Waals surface area contributed by atoms with Crippen LogP contribution in [0.2, 0.25) is 0 Å². The average Bonchev–Trinajstić information content (AvgIpc) is 2.97. The van der Waals surface area contributed by atoms with Crippen LogP contribution in [0.1, 0.15) is 72.3 Å². The molecule has 2 aromatic carbocycles. The molecule has 0 saturated heterocycles. The summed E-state index contributed by atoms with van der Waals surface area (Å²) >= 11 is 1.90. The fourth-order valence-corrected chi connectivity index (χ4v) is 5.48. The van der Waals surface area contributed by atoms with Crippen molar-refractivity contribution >= 4 is 29.2 Å². The van der Waals surface area contributed by atoms with Gasteiger partial charge in [-0.05, 0) is 80.8 Å². The lowest BCUT2D eigenvalue weighted by Gasteiger charge is -2.25. The molecule has 2 N–H and O–H groups in total. The van der Waals surface area contributed by atoms with Crippen LogP contribution in [0.3, 0.4) is 0 Å². The number of carbonyl (C=O) groups is 2. The Balaban J connectivity index is 0.000000307. The van der Waals surface area contributed by atoms with Crippen molar-refractivity contribution in [3.63, 3.8) is 0 Å². The van der Waals surface area contributed by atoms with Crippen molar-refractivity contribution < 1.29 is 38.5 Å². The number of nitriles is 1. The number of Topliss-reactive ketones (excluding diaryl/α,β-unsaturated/α-hetero) is 1. The van der Waals surface area contributed by atoms with Gasteiger partial charge >= 0.3 is 5.97 Å². The highest BCUT2D eigenvalue weighted by Gasteiger charge is 2.31. The first-order chi connectivity index (χ1) is 21.0. The zero-order chi connectivity index (χ0) is 32.6. The highest BCUT2D eigenvalue weighted by molar-refractivity contribution is 7.99. The number of ketones is 1. The van der Waals surface area contributed by atoms with Crippen molar-refractivity contribution in [3.8, 4) is 23.3 Å². The second-order valence-electron chi connectivity index (χ2n) is 10.2. The zero-order valence-electron chi connectivity index (χ0n) is 25.8. The summed E-state index contributed by atoms with van der Waals surface area (Å²) in [6, 6.07) is 11.8. The number of ether oxygens (including phenoxy) is 2. The number of allylic oxidation sites excluding steroid dienone is 2. The van der Waals surface area contributed by atoms with Crippen LogP contribution < -0.4 is 9.47 Å². The molecular weight excluding hydrogens is 587 g/mol. The van der Waals surface area contributed by atoms with Crippen molar-refractivity contribution in [2.24, 2.45) is 11.1 Å². The van der Waals surface area contributed by atoms with E-state index >= 15 is 0 Å². The number of benzene rings is 2. The molecule has 1 aliphatic rings. The second-order valence-corrected chi connectivity index (χ2v) is 11.9. The van der Waals surface area contributed by atoms with Crippen molar-refractivity contribution in [2.75, 3.05) is 12.4 Å². The number of aliphatic carboxylic acids is 1. The Morgan fingerprint density at radius 3 is 2.36 bits per heavy atom. The average molecular weight is 629 g/mol. The summed E-state index contributed by atoms with van der Waals surface area (Å²) in [6.07, 6.45) is 2.59. The Bertz CT molecular complexity index is 1350. The summed E-state index contributed by atoms with van der Waals surface area (Å²) in [5.41, 5.74) is 1.21. The highest BCUT2D eigenvalue weighted by atomic mass is 32.2. The van der Waals surface area contributed by atoms with Crippen LogP contribution in [0.25, 0.3) is 0 Å². The Morgan fingerprint density at radius 2 is 1.82 bits per heavy atom. The van der Waals surface area contributed by atoms with Crippen LogP contribution in [0, 0.1) is 23.1 Å². The number of carboxylic acid groups (broad SMARTS) is 1. The molecule has 0 saturated carbocycles. The molecular formula is C33H41FN2O7S. The van der Waals surface area contributed by atoms with Crippen LogP contribution in [-0.4, -0.2) is 51.4 Å². The summed E-state index contributed by atoms with van der Waals surface area (Å²) in [6.45, 7) is 10.1. The maximum atomic E-state index is 13.7. The minimum Gasteiger partial charge on any atom is -0.511 e. The highest BCUT2D eigenvalue weighted by Crippen LogP contribution is 2.33. The number of hydrogen-bond acceptors (Lipinski definition) is 9. The van der Waals surface area contributed by atoms with Gasteiger partial charge in [-0.25, -0.2) is 9.18 Å². The smallest absolute Gasteiger partial charge is 0.344 e. The van der Waals surface area contributed by atoms with Crippen molar-refractivity contribution in [3.05, 3.63) is 65.2 Å². The number of hydrogen-bond donors (Lipinski definition) is 2. The predicted octanol–water partition coefficient (Wildman–Crippen LogP) is 7.84. The zero-order valence-corrected chi connectivity index (χ0v) is 26.7. The van der Waals surface area contributed by atoms with Gasteiger partial charge in [-0.15, -0.1) is 0 Å². The molecule has 1 aliphatic carbocycles. The van der Waals surface area contributed by atoms with Crippen LogP contribution in [0.4, 0.5) is 4.39 Å². The summed E-state index contributed by atoms with van der Waals surface area (Å²) < 4.78 is 24.2. The Morgan fingerprint density at radius 1 is 1.14 bits per heavy atom. The normalized spacial score (nSPS) is 16.2. The molecule has 2 aromatic rings. The van der Waals surface area contributed by atoms with Crippen LogP contribution in [0.15, 0.2) is 59.0 Å². The number of rotatable bonds is 14. The molecule has 9 nitrogen and oxygen atoms in total. The van der Waals surface area contributed by atoms with Gasteiger partial charge in [0.1, 0.15) is 23.9 Å². The van der Waals surface area contributed by atoms with Gasteiger partial charge in [-0.3, -0.25) is 4.79 Å². The molecule has 0 aliphatic heterocycles. The van der Waals surface area contributed by atoms with Crippen LogP contribution in [0.5, 0.6) is 17.2 Å². The van der Waals surface area contributed by atoms with Crippen molar-refractivity contribution in [1.29, 1.82) is 5.26 Å². The van der Waals surface area contributed by atoms with Gasteiger partial charge in [0.2, 0.25) is 0 Å². The summed E-state index contributed by atoms with van der Waals surface area (Å²) in [5, 5.41) is 32.4. The Kier molecular flexibility index (Phi) is 15.3. The molecule has 0 radical (unpaired) electrons. The minimum atomic E-state index is -1.07. The third-order valence-corrected chi connectivity index (χ3v) is 7.59. The molecule has 0 bridgehead atoms. The Labute approximate surface area is 262 Å². The van der Waals surface area contributed by atoms with Gasteiger partial charge < -0.3 is 24.5 Å². The van der Waals surface area contributed by atoms with E-state index in [9.17, 15) is 19.1 Å². The molecule has 0 amide bonds. The molecule has 0 aromatic heterocycles. The van der Waals surface area contributed by atoms with Gasteiger partial charge in [0, 0.05) is 18.1 Å². The minimum absolute atomic E-state index is 0.00780. The number of carbonyl (C=O) groups excluding carboxylic acids is 1. The van der Waals surface area contributed by atoms with E-state index in [-0.39, 0.29) is 28.8 Å². The van der Waals surface area contributed by atoms with Gasteiger partial charge in [0.15, 0.2) is 23.5 Å². The molecule has 0 heterocycles. The second kappa shape index (κ2) is 18.6. The number of aliphatic hydroxyl groups is 1. The van der Waals surface area contributed by atoms with Gasteiger partial charge in [-0.1, -0.05) is 32.3 Å². The number of nitrogens with zero attached hydrogens (tertiary/aromatic N) is 2.